The van der Waals surface area contributed by atoms with Crippen molar-refractivity contribution in [3.05, 3.63) is 28.8 Å². The van der Waals surface area contributed by atoms with Gasteiger partial charge in [0.1, 0.15) is 0 Å². The molecule has 1 nitrogen and oxygen atoms in total. The Hall–Kier alpha value is -0.690. The van der Waals surface area contributed by atoms with E-state index >= 15 is 0 Å². The van der Waals surface area contributed by atoms with Crippen LogP contribution in [0.25, 0.3) is 0 Å². The first-order chi connectivity index (χ1) is 5.77. The van der Waals surface area contributed by atoms with E-state index in [1.807, 2.05) is 12.1 Å². The Labute approximate surface area is 77.7 Å². The first-order valence-electron chi connectivity index (χ1n) is 4.31. The minimum absolute atomic E-state index is 0.580. The lowest BCUT2D eigenvalue weighted by atomic mass is 9.99. The molecule has 0 saturated carbocycles. The van der Waals surface area contributed by atoms with Crippen molar-refractivity contribution in [2.24, 2.45) is 0 Å². The van der Waals surface area contributed by atoms with E-state index < -0.39 is 0 Å². The molecule has 64 valence electrons. The monoisotopic (exact) mass is 181 g/mol. The molecule has 2 rings (SSSR count). The van der Waals surface area contributed by atoms with Crippen LogP contribution in [-0.2, 0) is 6.42 Å². The number of nitrogens with one attached hydrogen (secondary N) is 1. The molecule has 0 amide bonds. The van der Waals surface area contributed by atoms with Crippen LogP contribution < -0.4 is 5.32 Å². The van der Waals surface area contributed by atoms with Gasteiger partial charge in [-0.3, -0.25) is 0 Å². The van der Waals surface area contributed by atoms with Crippen LogP contribution in [0.3, 0.4) is 0 Å². The molecule has 1 aromatic carbocycles. The Bertz CT molecular complexity index is 296. The van der Waals surface area contributed by atoms with Crippen LogP contribution >= 0.6 is 11.6 Å². The maximum absolute atomic E-state index is 6.05. The molecule has 0 aromatic heterocycles. The van der Waals surface area contributed by atoms with Gasteiger partial charge in [0.15, 0.2) is 0 Å². The van der Waals surface area contributed by atoms with Crippen LogP contribution in [0.15, 0.2) is 18.2 Å². The normalized spacial score (nSPS) is 21.3. The lowest BCUT2D eigenvalue weighted by Crippen LogP contribution is -2.21. The number of benzene rings is 1. The molecule has 1 aliphatic heterocycles. The molecule has 12 heavy (non-hydrogen) atoms. The van der Waals surface area contributed by atoms with Crippen molar-refractivity contribution in [3.8, 4) is 0 Å². The third-order valence-corrected chi connectivity index (χ3v) is 2.70. The molecule has 0 bridgehead atoms. The molecular weight excluding hydrogens is 170 g/mol. The summed E-state index contributed by atoms with van der Waals surface area (Å²) in [5.74, 6) is 0. The summed E-state index contributed by atoms with van der Waals surface area (Å²) in [6, 6.07) is 6.62. The Morgan fingerprint density at radius 1 is 1.50 bits per heavy atom. The smallest absolute Gasteiger partial charge is 0.0458 e. The minimum Gasteiger partial charge on any atom is -0.382 e. The Morgan fingerprint density at radius 2 is 2.33 bits per heavy atom. The summed E-state index contributed by atoms with van der Waals surface area (Å²) < 4.78 is 0. The summed E-state index contributed by atoms with van der Waals surface area (Å²) >= 11 is 6.05. The molecule has 1 unspecified atom stereocenters. The van der Waals surface area contributed by atoms with E-state index in [1.165, 1.54) is 17.7 Å². The van der Waals surface area contributed by atoms with Crippen molar-refractivity contribution in [2.45, 2.75) is 25.8 Å². The van der Waals surface area contributed by atoms with E-state index in [9.17, 15) is 0 Å². The first kappa shape index (κ1) is 7.93. The highest BCUT2D eigenvalue weighted by Gasteiger charge is 2.15. The van der Waals surface area contributed by atoms with E-state index in [0.29, 0.717) is 6.04 Å². The molecule has 1 atom stereocenters. The highest BCUT2D eigenvalue weighted by molar-refractivity contribution is 6.31. The fourth-order valence-electron chi connectivity index (χ4n) is 1.65. The van der Waals surface area contributed by atoms with Crippen molar-refractivity contribution in [1.29, 1.82) is 0 Å². The van der Waals surface area contributed by atoms with Gasteiger partial charge in [0, 0.05) is 16.8 Å². The van der Waals surface area contributed by atoms with Gasteiger partial charge in [-0.25, -0.2) is 0 Å². The summed E-state index contributed by atoms with van der Waals surface area (Å²) in [5, 5.41) is 4.31. The highest BCUT2D eigenvalue weighted by Crippen LogP contribution is 2.30. The number of halogens is 1. The number of hydrogen-bond acceptors (Lipinski definition) is 1. The lowest BCUT2D eigenvalue weighted by Gasteiger charge is -2.24. The SMILES string of the molecule is CC1CCc2c(Cl)cccc2N1. The van der Waals surface area contributed by atoms with Crippen molar-refractivity contribution < 1.29 is 0 Å². The predicted molar refractivity (Wildman–Crippen MR) is 52.9 cm³/mol. The molecule has 1 aliphatic rings. The lowest BCUT2D eigenvalue weighted by molar-refractivity contribution is 0.681. The standard InChI is InChI=1S/C10H12ClN/c1-7-5-6-8-9(11)3-2-4-10(8)12-7/h2-4,7,12H,5-6H2,1H3. The minimum atomic E-state index is 0.580. The van der Waals surface area contributed by atoms with Crippen LogP contribution in [0.5, 0.6) is 0 Å². The average Bonchev–Trinajstić information content (AvgIpc) is 2.04. The summed E-state index contributed by atoms with van der Waals surface area (Å²) in [6.45, 7) is 2.20. The molecule has 1 N–H and O–H groups in total. The van der Waals surface area contributed by atoms with Gasteiger partial charge < -0.3 is 5.32 Å². The van der Waals surface area contributed by atoms with Gasteiger partial charge in [-0.05, 0) is 37.5 Å². The third-order valence-electron chi connectivity index (χ3n) is 2.35. The number of fused-ring (bicyclic) bond motifs is 1. The molecule has 1 aromatic rings. The zero-order chi connectivity index (χ0) is 8.55. The zero-order valence-corrected chi connectivity index (χ0v) is 7.86. The molecule has 0 radical (unpaired) electrons. The largest absolute Gasteiger partial charge is 0.382 e. The summed E-state index contributed by atoms with van der Waals surface area (Å²) in [4.78, 5) is 0. The topological polar surface area (TPSA) is 12.0 Å². The maximum Gasteiger partial charge on any atom is 0.0458 e. The summed E-state index contributed by atoms with van der Waals surface area (Å²) in [6.07, 6.45) is 2.28. The maximum atomic E-state index is 6.05. The Morgan fingerprint density at radius 3 is 3.17 bits per heavy atom. The van der Waals surface area contributed by atoms with Crippen molar-refractivity contribution in [3.63, 3.8) is 0 Å². The second-order valence-corrected chi connectivity index (χ2v) is 3.76. The molecule has 1 heterocycles. The summed E-state index contributed by atoms with van der Waals surface area (Å²) in [5.41, 5.74) is 2.48. The number of rotatable bonds is 0. The quantitative estimate of drug-likeness (QED) is 0.649. The van der Waals surface area contributed by atoms with E-state index in [-0.39, 0.29) is 0 Å². The zero-order valence-electron chi connectivity index (χ0n) is 7.10. The van der Waals surface area contributed by atoms with Crippen LogP contribution in [0.2, 0.25) is 5.02 Å². The van der Waals surface area contributed by atoms with Gasteiger partial charge in [-0.15, -0.1) is 0 Å². The van der Waals surface area contributed by atoms with E-state index in [4.69, 9.17) is 11.6 Å². The number of anilines is 1. The first-order valence-corrected chi connectivity index (χ1v) is 4.69. The fourth-order valence-corrected chi connectivity index (χ4v) is 1.92. The van der Waals surface area contributed by atoms with Gasteiger partial charge in [0.25, 0.3) is 0 Å². The molecule has 2 heteroatoms. The van der Waals surface area contributed by atoms with Gasteiger partial charge in [0.05, 0.1) is 0 Å². The van der Waals surface area contributed by atoms with Gasteiger partial charge in [-0.1, -0.05) is 17.7 Å². The average molecular weight is 182 g/mol. The molecule has 0 fully saturated rings. The van der Waals surface area contributed by atoms with Gasteiger partial charge in [0.2, 0.25) is 0 Å². The molecule has 0 spiro atoms. The number of hydrogen-bond donors (Lipinski definition) is 1. The van der Waals surface area contributed by atoms with Crippen molar-refractivity contribution in [2.75, 3.05) is 5.32 Å². The Kier molecular flexibility index (Phi) is 1.97. The Balaban J connectivity index is 2.42. The molecular formula is C10H12ClN. The van der Waals surface area contributed by atoms with Crippen molar-refractivity contribution >= 4 is 17.3 Å². The van der Waals surface area contributed by atoms with Gasteiger partial charge in [-0.2, -0.15) is 0 Å². The fraction of sp³-hybridized carbons (Fsp3) is 0.400. The van der Waals surface area contributed by atoms with E-state index in [1.54, 1.807) is 0 Å². The van der Waals surface area contributed by atoms with Crippen molar-refractivity contribution in [1.82, 2.24) is 0 Å². The second kappa shape index (κ2) is 2.98. The van der Waals surface area contributed by atoms with E-state index in [2.05, 4.69) is 18.3 Å². The summed E-state index contributed by atoms with van der Waals surface area (Å²) in [7, 11) is 0. The third kappa shape index (κ3) is 1.29. The van der Waals surface area contributed by atoms with E-state index in [0.717, 1.165) is 11.4 Å². The predicted octanol–water partition coefficient (Wildman–Crippen LogP) is 3.09. The molecule has 0 aliphatic carbocycles. The van der Waals surface area contributed by atoms with Crippen LogP contribution in [0.1, 0.15) is 18.9 Å². The van der Waals surface area contributed by atoms with Crippen LogP contribution in [-0.4, -0.2) is 6.04 Å². The molecule has 0 saturated heterocycles. The second-order valence-electron chi connectivity index (χ2n) is 3.35. The van der Waals surface area contributed by atoms with Crippen LogP contribution in [0, 0.1) is 0 Å². The van der Waals surface area contributed by atoms with Gasteiger partial charge >= 0.3 is 0 Å². The van der Waals surface area contributed by atoms with Crippen LogP contribution in [0.4, 0.5) is 5.69 Å². The highest BCUT2D eigenvalue weighted by atomic mass is 35.5.